The third-order valence-electron chi connectivity index (χ3n) is 5.09. The molecule has 0 radical (unpaired) electrons. The summed E-state index contributed by atoms with van der Waals surface area (Å²) in [6.07, 6.45) is 5.46. The normalized spacial score (nSPS) is 23.3. The van der Waals surface area contributed by atoms with E-state index in [4.69, 9.17) is 4.98 Å². The van der Waals surface area contributed by atoms with Crippen molar-refractivity contribution in [3.05, 3.63) is 5.82 Å². The minimum atomic E-state index is 0.371. The Hall–Kier alpha value is -0.820. The van der Waals surface area contributed by atoms with Crippen molar-refractivity contribution in [3.63, 3.8) is 0 Å². The van der Waals surface area contributed by atoms with Crippen molar-refractivity contribution in [2.24, 2.45) is 5.92 Å². The molecule has 4 rings (SSSR count). The highest BCUT2D eigenvalue weighted by molar-refractivity contribution is 7.99. The first-order valence-electron chi connectivity index (χ1n) is 8.73. The average Bonchev–Trinajstić information content (AvgIpc) is 3.34. The van der Waals surface area contributed by atoms with Gasteiger partial charge in [0, 0.05) is 61.6 Å². The maximum absolute atomic E-state index is 12.4. The van der Waals surface area contributed by atoms with E-state index in [2.05, 4.69) is 14.2 Å². The number of thioether (sulfide) groups is 1. The van der Waals surface area contributed by atoms with Gasteiger partial charge in [0.2, 0.25) is 11.0 Å². The fraction of sp³-hybridized carbons (Fsp3) is 0.812. The number of anilines is 1. The first-order chi connectivity index (χ1) is 11.3. The van der Waals surface area contributed by atoms with Gasteiger partial charge in [-0.2, -0.15) is 16.1 Å². The number of carbonyl (C=O) groups is 1. The Morgan fingerprint density at radius 2 is 1.83 bits per heavy atom. The molecule has 0 aromatic carbocycles. The van der Waals surface area contributed by atoms with Gasteiger partial charge >= 0.3 is 0 Å². The lowest BCUT2D eigenvalue weighted by atomic mass is 9.93. The molecule has 2 aliphatic heterocycles. The van der Waals surface area contributed by atoms with Crippen LogP contribution in [0.1, 0.15) is 43.8 Å². The lowest BCUT2D eigenvalue weighted by Gasteiger charge is -2.33. The van der Waals surface area contributed by atoms with Gasteiger partial charge in [-0.1, -0.05) is 0 Å². The largest absolute Gasteiger partial charge is 0.347 e. The Labute approximate surface area is 146 Å². The molecule has 1 aromatic rings. The number of aromatic nitrogens is 2. The summed E-state index contributed by atoms with van der Waals surface area (Å²) in [5.74, 6) is 4.82. The van der Waals surface area contributed by atoms with Crippen LogP contribution in [0.2, 0.25) is 0 Å². The predicted octanol–water partition coefficient (Wildman–Crippen LogP) is 2.60. The second-order valence-electron chi connectivity index (χ2n) is 6.84. The van der Waals surface area contributed by atoms with Gasteiger partial charge in [-0.05, 0) is 31.6 Å². The number of nitrogens with zero attached hydrogens (tertiary/aromatic N) is 4. The van der Waals surface area contributed by atoms with Crippen LogP contribution in [0.15, 0.2) is 0 Å². The minimum absolute atomic E-state index is 0.371. The van der Waals surface area contributed by atoms with Crippen LogP contribution in [0.3, 0.4) is 0 Å². The minimum Gasteiger partial charge on any atom is -0.347 e. The van der Waals surface area contributed by atoms with Crippen LogP contribution in [-0.4, -0.2) is 57.8 Å². The summed E-state index contributed by atoms with van der Waals surface area (Å²) in [7, 11) is 0. The highest BCUT2D eigenvalue weighted by Crippen LogP contribution is 2.40. The van der Waals surface area contributed by atoms with Crippen LogP contribution in [0.5, 0.6) is 0 Å². The smallest absolute Gasteiger partial charge is 0.222 e. The SMILES string of the molecule is O=C(CC1CCN(c2nc(C3CC3)ns2)CC1)N1CCSCC1. The van der Waals surface area contributed by atoms with Gasteiger partial charge in [0.15, 0.2) is 0 Å². The van der Waals surface area contributed by atoms with Gasteiger partial charge in [0.1, 0.15) is 5.82 Å². The molecule has 3 fully saturated rings. The molecule has 1 amide bonds. The van der Waals surface area contributed by atoms with Crippen LogP contribution in [-0.2, 0) is 4.79 Å². The zero-order chi connectivity index (χ0) is 15.6. The Bertz CT molecular complexity index is 546. The van der Waals surface area contributed by atoms with Gasteiger partial charge in [0.25, 0.3) is 0 Å². The van der Waals surface area contributed by atoms with Crippen LogP contribution in [0.4, 0.5) is 5.13 Å². The summed E-state index contributed by atoms with van der Waals surface area (Å²) in [4.78, 5) is 21.5. The second-order valence-corrected chi connectivity index (χ2v) is 8.79. The monoisotopic (exact) mass is 352 g/mol. The van der Waals surface area contributed by atoms with Crippen molar-refractivity contribution in [1.29, 1.82) is 0 Å². The van der Waals surface area contributed by atoms with E-state index in [0.29, 0.717) is 17.7 Å². The first kappa shape index (κ1) is 15.7. The predicted molar refractivity (Wildman–Crippen MR) is 95.3 cm³/mol. The van der Waals surface area contributed by atoms with Crippen molar-refractivity contribution < 1.29 is 4.79 Å². The van der Waals surface area contributed by atoms with Crippen molar-refractivity contribution in [2.45, 2.75) is 38.0 Å². The van der Waals surface area contributed by atoms with Gasteiger partial charge in [0.05, 0.1) is 0 Å². The molecule has 126 valence electrons. The summed E-state index contributed by atoms with van der Waals surface area (Å²) >= 11 is 3.51. The van der Waals surface area contributed by atoms with E-state index in [-0.39, 0.29) is 0 Å². The molecule has 0 unspecified atom stereocenters. The van der Waals surface area contributed by atoms with Crippen LogP contribution in [0.25, 0.3) is 0 Å². The molecule has 0 bridgehead atoms. The fourth-order valence-electron chi connectivity index (χ4n) is 3.38. The van der Waals surface area contributed by atoms with Gasteiger partial charge < -0.3 is 9.80 Å². The number of rotatable bonds is 4. The molecule has 1 saturated carbocycles. The maximum atomic E-state index is 12.4. The number of hydrogen-bond acceptors (Lipinski definition) is 6. The maximum Gasteiger partial charge on any atom is 0.222 e. The van der Waals surface area contributed by atoms with E-state index in [1.54, 1.807) is 11.5 Å². The first-order valence-corrected chi connectivity index (χ1v) is 10.7. The number of hydrogen-bond donors (Lipinski definition) is 0. The molecule has 7 heteroatoms. The highest BCUT2D eigenvalue weighted by Gasteiger charge is 2.30. The lowest BCUT2D eigenvalue weighted by Crippen LogP contribution is -2.40. The lowest BCUT2D eigenvalue weighted by molar-refractivity contribution is -0.132. The summed E-state index contributed by atoms with van der Waals surface area (Å²) in [6, 6.07) is 0. The van der Waals surface area contributed by atoms with E-state index in [9.17, 15) is 4.79 Å². The molecule has 1 aromatic heterocycles. The zero-order valence-corrected chi connectivity index (χ0v) is 15.1. The second kappa shape index (κ2) is 6.97. The van der Waals surface area contributed by atoms with Gasteiger partial charge in [-0.15, -0.1) is 0 Å². The third kappa shape index (κ3) is 3.82. The molecule has 3 heterocycles. The van der Waals surface area contributed by atoms with E-state index in [0.717, 1.165) is 67.9 Å². The topological polar surface area (TPSA) is 49.3 Å². The Balaban J connectivity index is 1.25. The fourth-order valence-corrected chi connectivity index (χ4v) is 5.08. The van der Waals surface area contributed by atoms with Crippen molar-refractivity contribution in [3.8, 4) is 0 Å². The van der Waals surface area contributed by atoms with Crippen LogP contribution in [0, 0.1) is 5.92 Å². The average molecular weight is 353 g/mol. The van der Waals surface area contributed by atoms with Crippen LogP contribution >= 0.6 is 23.3 Å². The van der Waals surface area contributed by atoms with E-state index in [1.807, 2.05) is 11.8 Å². The number of carbonyl (C=O) groups excluding carboxylic acids is 1. The molecule has 2 saturated heterocycles. The zero-order valence-electron chi connectivity index (χ0n) is 13.4. The molecule has 3 aliphatic rings. The molecule has 1 aliphatic carbocycles. The standard InChI is InChI=1S/C16H24N4OS2/c21-14(19-7-9-22-10-8-19)11-12-3-5-20(6-4-12)16-17-15(18-23-16)13-1-2-13/h12-13H,1-11H2. The Morgan fingerprint density at radius 1 is 1.09 bits per heavy atom. The van der Waals surface area contributed by atoms with E-state index < -0.39 is 0 Å². The number of piperidine rings is 1. The molecular formula is C16H24N4OS2. The molecule has 5 nitrogen and oxygen atoms in total. The number of amides is 1. The van der Waals surface area contributed by atoms with E-state index >= 15 is 0 Å². The van der Waals surface area contributed by atoms with Crippen LogP contribution < -0.4 is 4.90 Å². The molecule has 0 spiro atoms. The molecular weight excluding hydrogens is 328 g/mol. The van der Waals surface area contributed by atoms with Gasteiger partial charge in [-0.25, -0.2) is 4.98 Å². The van der Waals surface area contributed by atoms with E-state index in [1.165, 1.54) is 12.8 Å². The third-order valence-corrected chi connectivity index (χ3v) is 6.82. The Morgan fingerprint density at radius 3 is 2.52 bits per heavy atom. The Kier molecular flexibility index (Phi) is 4.76. The summed E-state index contributed by atoms with van der Waals surface area (Å²) < 4.78 is 4.51. The van der Waals surface area contributed by atoms with Crippen molar-refractivity contribution in [1.82, 2.24) is 14.3 Å². The molecule has 0 N–H and O–H groups in total. The van der Waals surface area contributed by atoms with Gasteiger partial charge in [-0.3, -0.25) is 4.79 Å². The highest BCUT2D eigenvalue weighted by atomic mass is 32.2. The van der Waals surface area contributed by atoms with Crippen molar-refractivity contribution >= 4 is 34.3 Å². The summed E-state index contributed by atoms with van der Waals surface area (Å²) in [5.41, 5.74) is 0. The summed E-state index contributed by atoms with van der Waals surface area (Å²) in [6.45, 7) is 3.92. The summed E-state index contributed by atoms with van der Waals surface area (Å²) in [5, 5.41) is 1.09. The molecule has 0 atom stereocenters. The quantitative estimate of drug-likeness (QED) is 0.834. The van der Waals surface area contributed by atoms with Crippen molar-refractivity contribution in [2.75, 3.05) is 42.6 Å². The molecule has 23 heavy (non-hydrogen) atoms.